The Balaban J connectivity index is 0.000000288. The number of amides is 3. The van der Waals surface area contributed by atoms with E-state index in [4.69, 9.17) is 28.4 Å². The van der Waals surface area contributed by atoms with E-state index in [1.54, 1.807) is 57.2 Å². The van der Waals surface area contributed by atoms with Crippen LogP contribution in [0.4, 0.5) is 0 Å². The molecule has 0 aliphatic carbocycles. The minimum absolute atomic E-state index is 0.0235. The molecule has 0 aliphatic rings. The van der Waals surface area contributed by atoms with Gasteiger partial charge >= 0.3 is 0 Å². The summed E-state index contributed by atoms with van der Waals surface area (Å²) >= 11 is 0. The van der Waals surface area contributed by atoms with E-state index in [2.05, 4.69) is 16.0 Å². The number of phenols is 3. The third-order valence-electron chi connectivity index (χ3n) is 13.7. The van der Waals surface area contributed by atoms with Crippen LogP contribution in [0.3, 0.4) is 0 Å². The number of ether oxygens (including phenoxy) is 6. The van der Waals surface area contributed by atoms with Crippen LogP contribution in [-0.2, 0) is 81.3 Å². The van der Waals surface area contributed by atoms with Crippen molar-refractivity contribution in [2.45, 2.75) is 154 Å². The van der Waals surface area contributed by atoms with Crippen molar-refractivity contribution in [2.24, 2.45) is 0 Å². The highest BCUT2D eigenvalue weighted by atomic mass is 16.5. The minimum Gasteiger partial charge on any atom is -0.508 e. The minimum atomic E-state index is -0.515. The number of aliphatic hydroxyl groups is 3. The first kappa shape index (κ1) is 75.2. The van der Waals surface area contributed by atoms with Gasteiger partial charge in [-0.2, -0.15) is 0 Å². The zero-order valence-electron chi connectivity index (χ0n) is 53.4. The van der Waals surface area contributed by atoms with Crippen LogP contribution in [-0.4, -0.2) is 163 Å². The summed E-state index contributed by atoms with van der Waals surface area (Å²) in [6.07, 6.45) is 3.07. The van der Waals surface area contributed by atoms with Crippen molar-refractivity contribution < 1.29 is 73.4 Å². The molecule has 0 aliphatic heterocycles. The Kier molecular flexibility index (Phi) is 37.0. The quantitative estimate of drug-likeness (QED) is 0.0175. The number of carbonyl (C=O) groups excluding carboxylic acids is 3. The first-order valence-corrected chi connectivity index (χ1v) is 31.2. The molecule has 0 saturated carbocycles. The number of benzene rings is 6. The molecular formula is C72H99N3O15. The number of carbonyl (C=O) groups is 3. The lowest BCUT2D eigenvalue weighted by atomic mass is 10.1. The highest BCUT2D eigenvalue weighted by Gasteiger charge is 2.19. The summed E-state index contributed by atoms with van der Waals surface area (Å²) in [5, 5.41) is 65.5. The molecule has 0 radical (unpaired) electrons. The maximum Gasteiger partial charge on any atom is 0.220 e. The number of hydrogen-bond donors (Lipinski definition) is 9. The average Bonchev–Trinajstić information content (AvgIpc) is 3.72. The third-order valence-corrected chi connectivity index (χ3v) is 13.7. The Hall–Kier alpha value is -7.23. The van der Waals surface area contributed by atoms with E-state index in [1.165, 1.54) is 0 Å². The third kappa shape index (κ3) is 36.4. The van der Waals surface area contributed by atoms with Gasteiger partial charge in [0.05, 0.1) is 114 Å². The molecule has 18 nitrogen and oxygen atoms in total. The number of phenolic OH excluding ortho intramolecular Hbond substituents is 3. The first-order valence-electron chi connectivity index (χ1n) is 31.2. The normalized spacial score (nSPS) is 14.1. The van der Waals surface area contributed by atoms with Gasteiger partial charge in [-0.15, -0.1) is 0 Å². The highest BCUT2D eigenvalue weighted by Crippen LogP contribution is 2.16. The molecule has 0 heterocycles. The molecule has 6 aromatic carbocycles. The van der Waals surface area contributed by atoms with Gasteiger partial charge in [0.1, 0.15) is 17.2 Å². The van der Waals surface area contributed by atoms with Crippen molar-refractivity contribution in [1.29, 1.82) is 0 Å². The summed E-state index contributed by atoms with van der Waals surface area (Å²) in [5.74, 6) is 0.562. The van der Waals surface area contributed by atoms with Gasteiger partial charge in [-0.05, 0) is 150 Å². The van der Waals surface area contributed by atoms with Gasteiger partial charge in [-0.3, -0.25) is 14.4 Å². The Morgan fingerprint density at radius 2 is 0.556 bits per heavy atom. The van der Waals surface area contributed by atoms with Crippen LogP contribution in [0.25, 0.3) is 0 Å². The molecule has 0 spiro atoms. The maximum absolute atomic E-state index is 12.5. The van der Waals surface area contributed by atoms with Crippen molar-refractivity contribution in [2.75, 3.05) is 59.5 Å². The smallest absolute Gasteiger partial charge is 0.220 e. The van der Waals surface area contributed by atoms with Gasteiger partial charge in [0.25, 0.3) is 0 Å². The first-order chi connectivity index (χ1) is 43.3. The molecule has 0 fully saturated rings. The standard InChI is InChI=1S/3C24H33NO5/c3*1-18(26)15-30-19(2)16-29-17-22(14-21-8-11-23(27)12-9-21)25-24(28)13-10-20-6-4-3-5-7-20/h3*3-9,11-12,18-19,22,26-27H,10,13-17H2,1-2H3,(H,25,28)/t2*18?,19-,22?;18-,19?,22?/m100/s1. The van der Waals surface area contributed by atoms with Crippen molar-refractivity contribution in [1.82, 2.24) is 16.0 Å². The van der Waals surface area contributed by atoms with Crippen LogP contribution in [0.15, 0.2) is 164 Å². The highest BCUT2D eigenvalue weighted by molar-refractivity contribution is 5.77. The van der Waals surface area contributed by atoms with Crippen molar-refractivity contribution >= 4 is 17.7 Å². The van der Waals surface area contributed by atoms with Crippen LogP contribution in [0.1, 0.15) is 94.2 Å². The van der Waals surface area contributed by atoms with Crippen LogP contribution < -0.4 is 16.0 Å². The molecule has 18 heteroatoms. The fraction of sp³-hybridized carbons (Fsp3) is 0.458. The number of hydrogen-bond acceptors (Lipinski definition) is 15. The second-order valence-electron chi connectivity index (χ2n) is 23.0. The van der Waals surface area contributed by atoms with Gasteiger partial charge in [0.2, 0.25) is 17.7 Å². The Labute approximate surface area is 532 Å². The fourth-order valence-corrected chi connectivity index (χ4v) is 9.00. The molecule has 6 rings (SSSR count). The van der Waals surface area contributed by atoms with Gasteiger partial charge in [-0.25, -0.2) is 0 Å². The summed E-state index contributed by atoms with van der Waals surface area (Å²) in [7, 11) is 0. The van der Waals surface area contributed by atoms with E-state index in [0.717, 1.165) is 33.4 Å². The molecule has 6 unspecified atom stereocenters. The van der Waals surface area contributed by atoms with E-state index in [9.17, 15) is 45.0 Å². The second kappa shape index (κ2) is 44.3. The number of rotatable bonds is 39. The molecule has 9 atom stereocenters. The van der Waals surface area contributed by atoms with Crippen LogP contribution in [0.5, 0.6) is 17.2 Å². The van der Waals surface area contributed by atoms with Crippen molar-refractivity contribution in [3.8, 4) is 17.2 Å². The van der Waals surface area contributed by atoms with Crippen LogP contribution in [0.2, 0.25) is 0 Å². The number of aliphatic hydroxyl groups excluding tert-OH is 3. The Bertz CT molecular complexity index is 2510. The Morgan fingerprint density at radius 1 is 0.322 bits per heavy atom. The SMILES string of the molecule is CC(COCC(Cc1ccc(O)cc1)NC(=O)CCc1ccccc1)OC[C@H](C)O.CC(O)CO[C@@H](C)COCC(Cc1ccc(O)cc1)NC(=O)CCc1ccccc1.CC(O)CO[C@H](C)COCC(Cc1ccc(O)cc1)NC(=O)CCc1ccccc1. The van der Waals surface area contributed by atoms with Crippen molar-refractivity contribution in [3.05, 3.63) is 197 Å². The molecule has 0 saturated heterocycles. The van der Waals surface area contributed by atoms with E-state index in [-0.39, 0.29) is 91.2 Å². The number of aromatic hydroxyl groups is 3. The largest absolute Gasteiger partial charge is 0.508 e. The predicted molar refractivity (Wildman–Crippen MR) is 349 cm³/mol. The lowest BCUT2D eigenvalue weighted by Gasteiger charge is -2.21. The molecular weight excluding hydrogens is 1150 g/mol. The summed E-state index contributed by atoms with van der Waals surface area (Å²) in [6, 6.07) is 50.0. The van der Waals surface area contributed by atoms with E-state index < -0.39 is 18.3 Å². The van der Waals surface area contributed by atoms with Gasteiger partial charge in [0, 0.05) is 19.3 Å². The second-order valence-corrected chi connectivity index (χ2v) is 23.0. The van der Waals surface area contributed by atoms with Gasteiger partial charge in [-0.1, -0.05) is 127 Å². The van der Waals surface area contributed by atoms with Crippen LogP contribution in [0, 0.1) is 0 Å². The van der Waals surface area contributed by atoms with Crippen LogP contribution >= 0.6 is 0 Å². The molecule has 0 aromatic heterocycles. The summed E-state index contributed by atoms with van der Waals surface area (Å²) < 4.78 is 33.8. The number of aryl methyl sites for hydroxylation is 3. The Morgan fingerprint density at radius 3 is 0.778 bits per heavy atom. The van der Waals surface area contributed by atoms with Crippen molar-refractivity contribution in [3.63, 3.8) is 0 Å². The summed E-state index contributed by atoms with van der Waals surface area (Å²) in [5.41, 5.74) is 6.39. The molecule has 6 aromatic rings. The van der Waals surface area contributed by atoms with E-state index in [1.807, 2.05) is 148 Å². The zero-order valence-corrected chi connectivity index (χ0v) is 53.4. The maximum atomic E-state index is 12.5. The molecule has 90 heavy (non-hydrogen) atoms. The van der Waals surface area contributed by atoms with Gasteiger partial charge in [0.15, 0.2) is 0 Å². The topological polar surface area (TPSA) is 264 Å². The lowest BCUT2D eigenvalue weighted by Crippen LogP contribution is -2.40. The molecule has 0 bridgehead atoms. The predicted octanol–water partition coefficient (Wildman–Crippen LogP) is 8.56. The molecule has 9 N–H and O–H groups in total. The average molecular weight is 1250 g/mol. The van der Waals surface area contributed by atoms with E-state index >= 15 is 0 Å². The lowest BCUT2D eigenvalue weighted by molar-refractivity contribution is -0.123. The summed E-state index contributed by atoms with van der Waals surface area (Å²) in [6.45, 7) is 13.6. The van der Waals surface area contributed by atoms with E-state index in [0.29, 0.717) is 97.4 Å². The number of nitrogens with one attached hydrogen (secondary N) is 3. The molecule has 3 amide bonds. The summed E-state index contributed by atoms with van der Waals surface area (Å²) in [4.78, 5) is 37.5. The fourth-order valence-electron chi connectivity index (χ4n) is 9.00. The van der Waals surface area contributed by atoms with Gasteiger partial charge < -0.3 is 75.0 Å². The molecule has 492 valence electrons. The monoisotopic (exact) mass is 1250 g/mol. The zero-order chi connectivity index (χ0) is 65.3.